The zero-order chi connectivity index (χ0) is 20.9. The molecular formula is C24H29N3O3. The van der Waals surface area contributed by atoms with Crippen molar-refractivity contribution in [3.8, 4) is 5.75 Å². The van der Waals surface area contributed by atoms with Gasteiger partial charge >= 0.3 is 6.03 Å². The third-order valence-electron chi connectivity index (χ3n) is 5.87. The lowest BCUT2D eigenvalue weighted by Crippen LogP contribution is -2.48. The van der Waals surface area contributed by atoms with Crippen LogP contribution in [0, 0.1) is 5.92 Å². The van der Waals surface area contributed by atoms with E-state index in [0.717, 1.165) is 42.7 Å². The second kappa shape index (κ2) is 9.20. The molecule has 30 heavy (non-hydrogen) atoms. The van der Waals surface area contributed by atoms with E-state index in [1.165, 1.54) is 0 Å². The molecule has 1 atom stereocenters. The molecule has 158 valence electrons. The Kier molecular flexibility index (Phi) is 6.21. The van der Waals surface area contributed by atoms with Crippen LogP contribution in [0.1, 0.15) is 31.2 Å². The van der Waals surface area contributed by atoms with Gasteiger partial charge in [0.2, 0.25) is 5.91 Å². The van der Waals surface area contributed by atoms with E-state index >= 15 is 0 Å². The van der Waals surface area contributed by atoms with Crippen LogP contribution in [0.25, 0.3) is 0 Å². The lowest BCUT2D eigenvalue weighted by molar-refractivity contribution is -0.138. The molecule has 2 aromatic rings. The molecule has 1 saturated carbocycles. The van der Waals surface area contributed by atoms with E-state index in [1.807, 2.05) is 59.5 Å². The number of ether oxygens (including phenoxy) is 1. The fourth-order valence-corrected chi connectivity index (χ4v) is 4.02. The van der Waals surface area contributed by atoms with E-state index in [2.05, 4.69) is 5.32 Å². The molecule has 0 aromatic heterocycles. The van der Waals surface area contributed by atoms with Crippen molar-refractivity contribution in [2.45, 2.75) is 38.3 Å². The molecule has 2 aromatic carbocycles. The summed E-state index contributed by atoms with van der Waals surface area (Å²) >= 11 is 0. The molecule has 0 bridgehead atoms. The number of rotatable bonds is 6. The fourth-order valence-electron chi connectivity index (χ4n) is 4.02. The maximum atomic E-state index is 13.4. The number of methoxy groups -OCH3 is 1. The van der Waals surface area contributed by atoms with Crippen LogP contribution >= 0.6 is 0 Å². The number of carbonyl (C=O) groups is 2. The van der Waals surface area contributed by atoms with Gasteiger partial charge in [0.1, 0.15) is 5.75 Å². The Morgan fingerprint density at radius 2 is 1.80 bits per heavy atom. The molecule has 6 nitrogen and oxygen atoms in total. The average molecular weight is 408 g/mol. The van der Waals surface area contributed by atoms with Gasteiger partial charge in [0, 0.05) is 31.4 Å². The summed E-state index contributed by atoms with van der Waals surface area (Å²) in [6.45, 7) is 1.77. The van der Waals surface area contributed by atoms with Crippen LogP contribution in [-0.4, -0.2) is 48.0 Å². The summed E-state index contributed by atoms with van der Waals surface area (Å²) in [5.41, 5.74) is 1.88. The summed E-state index contributed by atoms with van der Waals surface area (Å²) in [6.07, 6.45) is 3.80. The van der Waals surface area contributed by atoms with Crippen LogP contribution in [0.3, 0.4) is 0 Å². The van der Waals surface area contributed by atoms with Crippen molar-refractivity contribution in [1.82, 2.24) is 9.80 Å². The van der Waals surface area contributed by atoms with Gasteiger partial charge < -0.3 is 19.9 Å². The van der Waals surface area contributed by atoms with Gasteiger partial charge in [-0.15, -0.1) is 0 Å². The van der Waals surface area contributed by atoms with Crippen LogP contribution < -0.4 is 10.1 Å². The summed E-state index contributed by atoms with van der Waals surface area (Å²) in [7, 11) is 1.65. The molecule has 1 aliphatic heterocycles. The second-order valence-corrected chi connectivity index (χ2v) is 8.13. The highest BCUT2D eigenvalue weighted by Gasteiger charge is 2.38. The Morgan fingerprint density at radius 3 is 2.47 bits per heavy atom. The molecule has 2 fully saturated rings. The highest BCUT2D eigenvalue weighted by molar-refractivity contribution is 5.90. The third-order valence-corrected chi connectivity index (χ3v) is 5.87. The van der Waals surface area contributed by atoms with Crippen molar-refractivity contribution < 1.29 is 14.3 Å². The maximum Gasteiger partial charge on any atom is 0.321 e. The Morgan fingerprint density at radius 1 is 1.07 bits per heavy atom. The summed E-state index contributed by atoms with van der Waals surface area (Å²) in [5.74, 6) is 0.847. The minimum Gasteiger partial charge on any atom is -0.497 e. The average Bonchev–Trinajstić information content (AvgIpc) is 3.63. The minimum atomic E-state index is -0.140. The summed E-state index contributed by atoms with van der Waals surface area (Å²) in [4.78, 5) is 29.9. The molecule has 0 spiro atoms. The molecule has 6 heteroatoms. The van der Waals surface area contributed by atoms with Gasteiger partial charge in [-0.3, -0.25) is 4.79 Å². The molecule has 4 rings (SSSR count). The first-order valence-corrected chi connectivity index (χ1v) is 10.7. The predicted molar refractivity (Wildman–Crippen MR) is 116 cm³/mol. The van der Waals surface area contributed by atoms with Crippen molar-refractivity contribution in [1.29, 1.82) is 0 Å². The van der Waals surface area contributed by atoms with Crippen molar-refractivity contribution in [3.63, 3.8) is 0 Å². The van der Waals surface area contributed by atoms with Crippen LogP contribution in [0.4, 0.5) is 10.5 Å². The largest absolute Gasteiger partial charge is 0.497 e. The monoisotopic (exact) mass is 407 g/mol. The van der Waals surface area contributed by atoms with Gasteiger partial charge in [0.15, 0.2) is 0 Å². The number of para-hydroxylation sites is 1. The number of benzene rings is 2. The Hall–Kier alpha value is -3.02. The number of piperidine rings is 1. The smallest absolute Gasteiger partial charge is 0.321 e. The van der Waals surface area contributed by atoms with Crippen LogP contribution in [0.5, 0.6) is 5.75 Å². The first kappa shape index (κ1) is 20.3. The number of nitrogens with one attached hydrogen (secondary N) is 1. The maximum absolute atomic E-state index is 13.4. The first-order valence-electron chi connectivity index (χ1n) is 10.7. The third kappa shape index (κ3) is 4.93. The minimum absolute atomic E-state index is 0.133. The quantitative estimate of drug-likeness (QED) is 0.783. The zero-order valence-corrected chi connectivity index (χ0v) is 17.4. The van der Waals surface area contributed by atoms with Crippen molar-refractivity contribution in [3.05, 3.63) is 60.2 Å². The van der Waals surface area contributed by atoms with Crippen LogP contribution in [0.2, 0.25) is 0 Å². The van der Waals surface area contributed by atoms with Gasteiger partial charge in [0.25, 0.3) is 0 Å². The molecule has 1 heterocycles. The van der Waals surface area contributed by atoms with Gasteiger partial charge in [-0.2, -0.15) is 0 Å². The molecule has 1 aliphatic carbocycles. The van der Waals surface area contributed by atoms with Gasteiger partial charge in [-0.05, 0) is 55.5 Å². The van der Waals surface area contributed by atoms with Gasteiger partial charge in [-0.1, -0.05) is 30.3 Å². The van der Waals surface area contributed by atoms with E-state index in [9.17, 15) is 9.59 Å². The number of carbonyl (C=O) groups excluding carboxylic acids is 2. The Bertz CT molecular complexity index is 865. The summed E-state index contributed by atoms with van der Waals surface area (Å²) in [5, 5.41) is 2.94. The highest BCUT2D eigenvalue weighted by Crippen LogP contribution is 2.32. The topological polar surface area (TPSA) is 61.9 Å². The number of hydrogen-bond donors (Lipinski definition) is 1. The van der Waals surface area contributed by atoms with E-state index in [-0.39, 0.29) is 17.9 Å². The number of likely N-dealkylation sites (tertiary alicyclic amines) is 1. The number of anilines is 1. The lowest BCUT2D eigenvalue weighted by Gasteiger charge is -2.35. The van der Waals surface area contributed by atoms with Gasteiger partial charge in [-0.25, -0.2) is 4.79 Å². The number of hydrogen-bond acceptors (Lipinski definition) is 3. The van der Waals surface area contributed by atoms with Crippen LogP contribution in [-0.2, 0) is 11.3 Å². The second-order valence-electron chi connectivity index (χ2n) is 8.13. The molecule has 1 unspecified atom stereocenters. The molecular weight excluding hydrogens is 378 g/mol. The van der Waals surface area contributed by atoms with E-state index in [1.54, 1.807) is 12.0 Å². The van der Waals surface area contributed by atoms with E-state index in [4.69, 9.17) is 4.74 Å². The predicted octanol–water partition coefficient (Wildman–Crippen LogP) is 4.13. The molecule has 3 amide bonds. The zero-order valence-electron chi connectivity index (χ0n) is 17.4. The first-order chi connectivity index (χ1) is 14.6. The van der Waals surface area contributed by atoms with Crippen molar-refractivity contribution in [2.75, 3.05) is 25.5 Å². The van der Waals surface area contributed by atoms with E-state index < -0.39 is 0 Å². The summed E-state index contributed by atoms with van der Waals surface area (Å²) < 4.78 is 5.23. The standard InChI is InChI=1S/C24H29N3O3/c1-30-22-13-9-18(10-14-22)16-27(21-11-12-21)23(28)19-6-5-15-26(17-19)24(29)25-20-7-3-2-4-8-20/h2-4,7-10,13-14,19,21H,5-6,11-12,15-17H2,1H3,(H,25,29). The SMILES string of the molecule is COc1ccc(CN(C(=O)C2CCCN(C(=O)Nc3ccccc3)C2)C2CC2)cc1. The molecule has 1 N–H and O–H groups in total. The highest BCUT2D eigenvalue weighted by atomic mass is 16.5. The molecule has 0 radical (unpaired) electrons. The number of amides is 3. The number of urea groups is 1. The fraction of sp³-hybridized carbons (Fsp3) is 0.417. The molecule has 2 aliphatic rings. The Balaban J connectivity index is 1.39. The van der Waals surface area contributed by atoms with Gasteiger partial charge in [0.05, 0.1) is 13.0 Å². The normalized spacial score (nSPS) is 18.6. The van der Waals surface area contributed by atoms with Crippen molar-refractivity contribution in [2.24, 2.45) is 5.92 Å². The lowest BCUT2D eigenvalue weighted by atomic mass is 9.96. The Labute approximate surface area is 177 Å². The van der Waals surface area contributed by atoms with E-state index in [0.29, 0.717) is 25.7 Å². The van der Waals surface area contributed by atoms with Crippen molar-refractivity contribution >= 4 is 17.6 Å². The summed E-state index contributed by atoms with van der Waals surface area (Å²) in [6, 6.07) is 17.5. The number of nitrogens with zero attached hydrogens (tertiary/aromatic N) is 2. The van der Waals surface area contributed by atoms with Crippen LogP contribution in [0.15, 0.2) is 54.6 Å². The molecule has 1 saturated heterocycles.